The molecule has 1 aliphatic heterocycles. The van der Waals surface area contributed by atoms with E-state index in [1.54, 1.807) is 19.2 Å². The Kier molecular flexibility index (Phi) is 3.77. The monoisotopic (exact) mass is 442 g/mol. The molecular weight excluding hydrogens is 424 g/mol. The van der Waals surface area contributed by atoms with E-state index in [4.69, 9.17) is 0 Å². The van der Waals surface area contributed by atoms with Gasteiger partial charge in [-0.3, -0.25) is 14.2 Å². The summed E-state index contributed by atoms with van der Waals surface area (Å²) in [5.41, 5.74) is 2.44. The highest BCUT2D eigenvalue weighted by molar-refractivity contribution is 7.98. The van der Waals surface area contributed by atoms with Crippen LogP contribution in [0.4, 0.5) is 11.5 Å². The van der Waals surface area contributed by atoms with Crippen molar-refractivity contribution in [3.8, 4) is 0 Å². The number of benzene rings is 2. The standard InChI is InChI=1S/C24H18N4O3S/c1-28-22(31)19-21(26-23(28)32-2)27-24(11-16(29)14-9-5-6-10-15(14)24)17-18(25-19)12-7-3-4-8-13(12)20(17)30/h3-11,25,27,29H,1-2H3. The largest absolute Gasteiger partial charge is 0.508 e. The zero-order valence-corrected chi connectivity index (χ0v) is 18.1. The average Bonchev–Trinajstić information content (AvgIpc) is 3.19. The Bertz CT molecular complexity index is 1490. The molecule has 3 aromatic rings. The van der Waals surface area contributed by atoms with Gasteiger partial charge in [0.15, 0.2) is 16.8 Å². The van der Waals surface area contributed by atoms with Gasteiger partial charge in [-0.2, -0.15) is 0 Å². The Labute approximate surface area is 187 Å². The Morgan fingerprint density at radius 2 is 1.72 bits per heavy atom. The highest BCUT2D eigenvalue weighted by Crippen LogP contribution is 2.52. The number of aromatic nitrogens is 2. The van der Waals surface area contributed by atoms with E-state index in [1.807, 2.05) is 48.7 Å². The molecular formula is C24H18N4O3S. The summed E-state index contributed by atoms with van der Waals surface area (Å²) < 4.78 is 1.48. The van der Waals surface area contributed by atoms with Gasteiger partial charge in [-0.15, -0.1) is 0 Å². The summed E-state index contributed by atoms with van der Waals surface area (Å²) in [5.74, 6) is 0.241. The Morgan fingerprint density at radius 3 is 2.47 bits per heavy atom. The Hall–Kier alpha value is -3.78. The molecule has 158 valence electrons. The highest BCUT2D eigenvalue weighted by Gasteiger charge is 2.51. The van der Waals surface area contributed by atoms with Crippen molar-refractivity contribution in [2.24, 2.45) is 7.05 Å². The Morgan fingerprint density at radius 1 is 1.03 bits per heavy atom. The van der Waals surface area contributed by atoms with Gasteiger partial charge in [-0.25, -0.2) is 4.98 Å². The number of aliphatic hydroxyl groups is 1. The van der Waals surface area contributed by atoms with Crippen molar-refractivity contribution >= 4 is 40.5 Å². The number of Topliss-reactive ketones (excluding diaryl/α,β-unsaturated/α-hetero) is 1. The van der Waals surface area contributed by atoms with Gasteiger partial charge in [0, 0.05) is 23.7 Å². The van der Waals surface area contributed by atoms with E-state index in [1.165, 1.54) is 16.3 Å². The van der Waals surface area contributed by atoms with Gasteiger partial charge in [-0.05, 0) is 17.9 Å². The van der Waals surface area contributed by atoms with Crippen molar-refractivity contribution < 1.29 is 9.90 Å². The Balaban J connectivity index is 1.73. The van der Waals surface area contributed by atoms with E-state index in [2.05, 4.69) is 15.6 Å². The summed E-state index contributed by atoms with van der Waals surface area (Å²) in [6.07, 6.45) is 3.49. The molecule has 1 spiro atoms. The molecule has 3 N–H and O–H groups in total. The molecule has 0 saturated heterocycles. The van der Waals surface area contributed by atoms with E-state index in [9.17, 15) is 14.7 Å². The van der Waals surface area contributed by atoms with Crippen LogP contribution in [0.5, 0.6) is 0 Å². The second-order valence-electron chi connectivity index (χ2n) is 7.94. The second-order valence-corrected chi connectivity index (χ2v) is 8.72. The number of rotatable bonds is 1. The first-order valence-corrected chi connectivity index (χ1v) is 11.3. The number of carbonyl (C=O) groups excluding carboxylic acids is 1. The summed E-state index contributed by atoms with van der Waals surface area (Å²) in [7, 11) is 1.67. The second kappa shape index (κ2) is 6.37. The minimum Gasteiger partial charge on any atom is -0.508 e. The molecule has 0 saturated carbocycles. The van der Waals surface area contributed by atoms with Crippen molar-refractivity contribution in [2.75, 3.05) is 16.9 Å². The fourth-order valence-electron chi connectivity index (χ4n) is 4.85. The summed E-state index contributed by atoms with van der Waals surface area (Å²) in [5, 5.41) is 18.0. The van der Waals surface area contributed by atoms with Crippen LogP contribution in [0.1, 0.15) is 27.0 Å². The minimum absolute atomic E-state index is 0.0704. The molecule has 2 aromatic carbocycles. The lowest BCUT2D eigenvalue weighted by molar-refractivity contribution is 0.102. The number of carbonyl (C=O) groups is 1. The summed E-state index contributed by atoms with van der Waals surface area (Å²) in [4.78, 5) is 31.7. The smallest absolute Gasteiger partial charge is 0.279 e. The number of nitrogens with zero attached hydrogens (tertiary/aromatic N) is 2. The van der Waals surface area contributed by atoms with Crippen LogP contribution in [0.25, 0.3) is 11.5 Å². The van der Waals surface area contributed by atoms with E-state index >= 15 is 0 Å². The molecule has 2 aliphatic carbocycles. The number of nitrogens with one attached hydrogen (secondary N) is 2. The minimum atomic E-state index is -1.18. The fourth-order valence-corrected chi connectivity index (χ4v) is 5.39. The van der Waals surface area contributed by atoms with E-state index < -0.39 is 5.54 Å². The third kappa shape index (κ3) is 2.24. The maximum Gasteiger partial charge on any atom is 0.279 e. The molecule has 1 atom stereocenters. The van der Waals surface area contributed by atoms with Gasteiger partial charge in [-0.1, -0.05) is 60.3 Å². The highest BCUT2D eigenvalue weighted by atomic mass is 32.2. The quantitative estimate of drug-likeness (QED) is 0.390. The van der Waals surface area contributed by atoms with Crippen molar-refractivity contribution in [1.29, 1.82) is 0 Å². The maximum atomic E-state index is 13.7. The lowest BCUT2D eigenvalue weighted by Crippen LogP contribution is -2.37. The van der Waals surface area contributed by atoms with Crippen molar-refractivity contribution in [1.82, 2.24) is 9.55 Å². The van der Waals surface area contributed by atoms with Gasteiger partial charge < -0.3 is 15.7 Å². The molecule has 1 aromatic heterocycles. The number of hydrogen-bond donors (Lipinski definition) is 3. The van der Waals surface area contributed by atoms with Gasteiger partial charge in [0.1, 0.15) is 17.0 Å². The predicted octanol–water partition coefficient (Wildman–Crippen LogP) is 3.76. The molecule has 0 fully saturated rings. The normalized spacial score (nSPS) is 20.1. The SMILES string of the molecule is CSc1nc2c(c(=O)n1C)NC1=C(C(=O)c3ccccc31)C1(C=C(O)c3ccccc31)N2. The van der Waals surface area contributed by atoms with Crippen LogP contribution >= 0.6 is 11.8 Å². The van der Waals surface area contributed by atoms with Gasteiger partial charge in [0.25, 0.3) is 5.56 Å². The van der Waals surface area contributed by atoms with Gasteiger partial charge in [0.2, 0.25) is 0 Å². The summed E-state index contributed by atoms with van der Waals surface area (Å²) in [6, 6.07) is 14.7. The molecule has 3 aliphatic rings. The van der Waals surface area contributed by atoms with Crippen molar-refractivity contribution in [3.05, 3.63) is 92.8 Å². The topological polar surface area (TPSA) is 96.2 Å². The molecule has 32 heavy (non-hydrogen) atoms. The van der Waals surface area contributed by atoms with Gasteiger partial charge >= 0.3 is 0 Å². The number of thioether (sulfide) groups is 1. The maximum absolute atomic E-state index is 13.7. The zero-order valence-electron chi connectivity index (χ0n) is 17.3. The van der Waals surface area contributed by atoms with E-state index in [0.29, 0.717) is 33.4 Å². The van der Waals surface area contributed by atoms with Crippen LogP contribution in [0.2, 0.25) is 0 Å². The van der Waals surface area contributed by atoms with Gasteiger partial charge in [0.05, 0.1) is 11.3 Å². The summed E-state index contributed by atoms with van der Waals surface area (Å²) >= 11 is 1.36. The van der Waals surface area contributed by atoms with E-state index in [0.717, 1.165) is 11.1 Å². The molecule has 7 nitrogen and oxygen atoms in total. The van der Waals surface area contributed by atoms with Crippen LogP contribution in [-0.4, -0.2) is 26.7 Å². The molecule has 0 bridgehead atoms. The third-order valence-corrected chi connectivity index (χ3v) is 7.02. The van der Waals surface area contributed by atoms with Crippen molar-refractivity contribution in [2.45, 2.75) is 10.7 Å². The number of hydrogen-bond acceptors (Lipinski definition) is 7. The fraction of sp³-hybridized carbons (Fsp3) is 0.125. The number of ketones is 1. The molecule has 0 radical (unpaired) electrons. The zero-order chi connectivity index (χ0) is 22.2. The first-order chi connectivity index (χ1) is 15.5. The molecule has 0 amide bonds. The van der Waals surface area contributed by atoms with Crippen LogP contribution < -0.4 is 16.2 Å². The molecule has 6 rings (SSSR count). The van der Waals surface area contributed by atoms with Crippen LogP contribution in [0, 0.1) is 0 Å². The summed E-state index contributed by atoms with van der Waals surface area (Å²) in [6.45, 7) is 0. The van der Waals surface area contributed by atoms with Crippen LogP contribution in [-0.2, 0) is 12.6 Å². The molecule has 1 unspecified atom stereocenters. The average molecular weight is 443 g/mol. The number of fused-ring (bicyclic) bond motifs is 6. The first-order valence-electron chi connectivity index (χ1n) is 10.1. The first kappa shape index (κ1) is 18.9. The third-order valence-electron chi connectivity index (χ3n) is 6.29. The molecule has 2 heterocycles. The predicted molar refractivity (Wildman–Crippen MR) is 125 cm³/mol. The lowest BCUT2D eigenvalue weighted by Gasteiger charge is -2.31. The van der Waals surface area contributed by atoms with Crippen LogP contribution in [0.3, 0.4) is 0 Å². The number of aliphatic hydroxyl groups excluding tert-OH is 1. The van der Waals surface area contributed by atoms with Crippen LogP contribution in [0.15, 0.2) is 70.1 Å². The van der Waals surface area contributed by atoms with Crippen molar-refractivity contribution in [3.63, 3.8) is 0 Å². The lowest BCUT2D eigenvalue weighted by atomic mass is 9.82. The number of anilines is 2. The van der Waals surface area contributed by atoms with E-state index in [-0.39, 0.29) is 22.8 Å². The molecule has 8 heteroatoms.